The van der Waals surface area contributed by atoms with Crippen molar-refractivity contribution >= 4 is 16.9 Å². The summed E-state index contributed by atoms with van der Waals surface area (Å²) in [4.78, 5) is 23.8. The molecule has 0 spiro atoms. The minimum absolute atomic E-state index is 0.0943. The first kappa shape index (κ1) is 16.3. The first-order chi connectivity index (χ1) is 9.91. The number of carbonyl (C=O) groups is 1. The van der Waals surface area contributed by atoms with Crippen molar-refractivity contribution in [1.82, 2.24) is 0 Å². The van der Waals surface area contributed by atoms with Crippen LogP contribution >= 0.6 is 0 Å². The lowest BCUT2D eigenvalue weighted by atomic mass is 9.79. The van der Waals surface area contributed by atoms with Gasteiger partial charge in [-0.15, -0.1) is 0 Å². The van der Waals surface area contributed by atoms with Crippen LogP contribution in [0.5, 0.6) is 0 Å². The molecule has 2 rings (SSSR count). The van der Waals surface area contributed by atoms with Crippen molar-refractivity contribution < 1.29 is 9.21 Å². The summed E-state index contributed by atoms with van der Waals surface area (Å²) < 4.78 is 5.65. The van der Waals surface area contributed by atoms with Crippen LogP contribution in [0.4, 0.5) is 0 Å². The fourth-order valence-corrected chi connectivity index (χ4v) is 2.37. The molecule has 1 amide bonds. The maximum atomic E-state index is 12.4. The highest BCUT2D eigenvalue weighted by Crippen LogP contribution is 2.34. The molecule has 0 saturated heterocycles. The van der Waals surface area contributed by atoms with E-state index in [4.69, 9.17) is 10.2 Å². The number of benzene rings is 1. The number of carbonyl (C=O) groups excluding carboxylic acids is 1. The second-order valence-corrected chi connectivity index (χ2v) is 7.74. The zero-order valence-corrected chi connectivity index (χ0v) is 14.0. The Bertz CT molecular complexity index is 802. The molecule has 1 heterocycles. The summed E-state index contributed by atoms with van der Waals surface area (Å²) in [6.45, 7) is 12.4. The van der Waals surface area contributed by atoms with Crippen LogP contribution in [0.15, 0.2) is 27.4 Å². The molecule has 0 saturated carbocycles. The summed E-state index contributed by atoms with van der Waals surface area (Å²) in [5, 5.41) is 0.488. The lowest BCUT2D eigenvalue weighted by molar-refractivity contribution is 0.0974. The van der Waals surface area contributed by atoms with Crippen LogP contribution in [0, 0.1) is 0 Å². The Balaban J connectivity index is 2.98. The molecule has 0 atom stereocenters. The van der Waals surface area contributed by atoms with Gasteiger partial charge < -0.3 is 10.2 Å². The highest BCUT2D eigenvalue weighted by Gasteiger charge is 2.25. The molecule has 0 aliphatic rings. The Hall–Kier alpha value is -2.10. The molecule has 0 bridgehead atoms. The van der Waals surface area contributed by atoms with Gasteiger partial charge in [-0.25, -0.2) is 0 Å². The number of amides is 1. The molecule has 4 nitrogen and oxygen atoms in total. The van der Waals surface area contributed by atoms with Gasteiger partial charge in [-0.1, -0.05) is 47.6 Å². The molecular weight excluding hydrogens is 278 g/mol. The number of primary amides is 1. The van der Waals surface area contributed by atoms with Gasteiger partial charge in [-0.3, -0.25) is 9.59 Å². The molecule has 0 unspecified atom stereocenters. The Morgan fingerprint density at radius 2 is 1.59 bits per heavy atom. The van der Waals surface area contributed by atoms with E-state index in [2.05, 4.69) is 26.8 Å². The van der Waals surface area contributed by atoms with E-state index in [1.807, 2.05) is 26.8 Å². The maximum Gasteiger partial charge on any atom is 0.284 e. The van der Waals surface area contributed by atoms with E-state index in [1.165, 1.54) is 6.07 Å². The number of rotatable bonds is 1. The summed E-state index contributed by atoms with van der Waals surface area (Å²) in [5.74, 6) is -0.842. The second kappa shape index (κ2) is 4.97. The largest absolute Gasteiger partial charge is 0.450 e. The van der Waals surface area contributed by atoms with Crippen LogP contribution in [0.2, 0.25) is 0 Å². The van der Waals surface area contributed by atoms with Crippen LogP contribution in [-0.4, -0.2) is 5.91 Å². The van der Waals surface area contributed by atoms with Gasteiger partial charge in [-0.05, 0) is 22.5 Å². The highest BCUT2D eigenvalue weighted by molar-refractivity contribution is 5.92. The summed E-state index contributed by atoms with van der Waals surface area (Å²) in [6.07, 6.45) is 0. The quantitative estimate of drug-likeness (QED) is 0.876. The van der Waals surface area contributed by atoms with Crippen molar-refractivity contribution in [2.45, 2.75) is 52.4 Å². The Morgan fingerprint density at radius 1 is 1.00 bits per heavy atom. The van der Waals surface area contributed by atoms with E-state index < -0.39 is 5.91 Å². The molecule has 1 aromatic heterocycles. The Labute approximate surface area is 130 Å². The van der Waals surface area contributed by atoms with Crippen molar-refractivity contribution in [1.29, 1.82) is 0 Å². The third-order valence-corrected chi connectivity index (χ3v) is 3.75. The average Bonchev–Trinajstić information content (AvgIpc) is 2.35. The second-order valence-electron chi connectivity index (χ2n) is 7.74. The minimum Gasteiger partial charge on any atom is -0.450 e. The van der Waals surface area contributed by atoms with Gasteiger partial charge in [0.05, 0.1) is 5.39 Å². The highest BCUT2D eigenvalue weighted by atomic mass is 16.3. The lowest BCUT2D eigenvalue weighted by Gasteiger charge is -2.26. The molecule has 0 aliphatic carbocycles. The van der Waals surface area contributed by atoms with Gasteiger partial charge in [0.15, 0.2) is 11.2 Å². The number of nitrogens with two attached hydrogens (primary N) is 1. The van der Waals surface area contributed by atoms with E-state index >= 15 is 0 Å². The monoisotopic (exact) mass is 301 g/mol. The Morgan fingerprint density at radius 3 is 2.05 bits per heavy atom. The predicted octanol–water partition coefficient (Wildman–Crippen LogP) is 3.49. The zero-order valence-electron chi connectivity index (χ0n) is 14.0. The molecule has 2 N–H and O–H groups in total. The van der Waals surface area contributed by atoms with Crippen molar-refractivity contribution in [3.63, 3.8) is 0 Å². The molecule has 22 heavy (non-hydrogen) atoms. The summed E-state index contributed by atoms with van der Waals surface area (Å²) in [6, 6.07) is 5.07. The van der Waals surface area contributed by atoms with Gasteiger partial charge in [0.1, 0.15) is 5.58 Å². The third kappa shape index (κ3) is 2.91. The normalized spacial score (nSPS) is 12.6. The average molecular weight is 301 g/mol. The number of hydrogen-bond donors (Lipinski definition) is 1. The van der Waals surface area contributed by atoms with Crippen molar-refractivity contribution in [3.05, 3.63) is 45.3 Å². The number of fused-ring (bicyclic) bond motifs is 1. The summed E-state index contributed by atoms with van der Waals surface area (Å²) >= 11 is 0. The topological polar surface area (TPSA) is 73.3 Å². The van der Waals surface area contributed by atoms with E-state index in [0.29, 0.717) is 11.0 Å². The van der Waals surface area contributed by atoms with Crippen LogP contribution in [0.1, 0.15) is 63.2 Å². The van der Waals surface area contributed by atoms with E-state index in [1.54, 1.807) is 0 Å². The summed E-state index contributed by atoms with van der Waals surface area (Å²) in [7, 11) is 0. The molecule has 4 heteroatoms. The summed E-state index contributed by atoms with van der Waals surface area (Å²) in [5.41, 5.74) is 7.10. The molecule has 2 aromatic rings. The van der Waals surface area contributed by atoms with Gasteiger partial charge in [-0.2, -0.15) is 0 Å². The smallest absolute Gasteiger partial charge is 0.284 e. The van der Waals surface area contributed by atoms with E-state index in [9.17, 15) is 9.59 Å². The van der Waals surface area contributed by atoms with Crippen LogP contribution in [0.25, 0.3) is 11.0 Å². The fraction of sp³-hybridized carbons (Fsp3) is 0.444. The minimum atomic E-state index is -0.737. The lowest BCUT2D eigenvalue weighted by Crippen LogP contribution is -2.20. The van der Waals surface area contributed by atoms with Gasteiger partial charge >= 0.3 is 0 Å². The van der Waals surface area contributed by atoms with Gasteiger partial charge in [0, 0.05) is 11.6 Å². The molecule has 1 aromatic carbocycles. The maximum absolute atomic E-state index is 12.4. The predicted molar refractivity (Wildman–Crippen MR) is 88.4 cm³/mol. The molecule has 0 radical (unpaired) electrons. The van der Waals surface area contributed by atoms with E-state index in [0.717, 1.165) is 11.1 Å². The van der Waals surface area contributed by atoms with Crippen LogP contribution < -0.4 is 11.2 Å². The van der Waals surface area contributed by atoms with Crippen molar-refractivity contribution in [2.75, 3.05) is 0 Å². The van der Waals surface area contributed by atoms with Crippen molar-refractivity contribution in [3.8, 4) is 0 Å². The van der Waals surface area contributed by atoms with Crippen LogP contribution in [0.3, 0.4) is 0 Å². The first-order valence-corrected chi connectivity index (χ1v) is 7.34. The molecule has 0 fully saturated rings. The standard InChI is InChI=1S/C18H23NO3/c1-17(2,3)10-7-11-13(20)9-14(16(19)21)22-15(11)12(8-10)18(4,5)6/h7-9H,1-6H3,(H2,19,21). The first-order valence-electron chi connectivity index (χ1n) is 7.34. The molecule has 118 valence electrons. The van der Waals surface area contributed by atoms with Gasteiger partial charge in [0.2, 0.25) is 0 Å². The molecular formula is C18H23NO3. The zero-order chi connectivity index (χ0) is 16.9. The van der Waals surface area contributed by atoms with Gasteiger partial charge in [0.25, 0.3) is 5.91 Å². The van der Waals surface area contributed by atoms with Crippen molar-refractivity contribution in [2.24, 2.45) is 5.73 Å². The SMILES string of the molecule is CC(C)(C)c1cc(C(C)(C)C)c2oc(C(N)=O)cc(=O)c2c1. The fourth-order valence-electron chi connectivity index (χ4n) is 2.37. The third-order valence-electron chi connectivity index (χ3n) is 3.75. The number of hydrogen-bond acceptors (Lipinski definition) is 3. The van der Waals surface area contributed by atoms with Crippen LogP contribution in [-0.2, 0) is 10.8 Å². The van der Waals surface area contributed by atoms with E-state index in [-0.39, 0.29) is 22.0 Å². The molecule has 0 aliphatic heterocycles. The Kier molecular flexibility index (Phi) is 3.68.